The predicted octanol–water partition coefficient (Wildman–Crippen LogP) is 2.34. The van der Waals surface area contributed by atoms with Crippen molar-refractivity contribution in [2.24, 2.45) is 0 Å². The zero-order valence-corrected chi connectivity index (χ0v) is 6.27. The van der Waals surface area contributed by atoms with Gasteiger partial charge in [0.15, 0.2) is 0 Å². The van der Waals surface area contributed by atoms with Crippen LogP contribution in [0.1, 0.15) is 13.3 Å². The highest BCUT2D eigenvalue weighted by Gasteiger charge is 1.80. The predicted molar refractivity (Wildman–Crippen MR) is 37.3 cm³/mol. The second-order valence-electron chi connectivity index (χ2n) is 1.06. The first kappa shape index (κ1) is 7.66. The molecule has 0 radical (unpaired) electrons. The molecule has 0 aromatic rings. The summed E-state index contributed by atoms with van der Waals surface area (Å²) < 4.78 is 4.91. The van der Waals surface area contributed by atoms with Gasteiger partial charge in [-0.15, -0.1) is 0 Å². The minimum Gasteiger partial charge on any atom is -0.248 e. The molecule has 0 rings (SSSR count). The normalized spacial score (nSPS) is 9.43. The maximum Gasteiger partial charge on any atom is 0.0207 e. The Bertz CT molecular complexity index is 28.9. The van der Waals surface area contributed by atoms with Crippen molar-refractivity contribution in [3.63, 3.8) is 0 Å². The van der Waals surface area contributed by atoms with Crippen LogP contribution in [0.3, 0.4) is 0 Å². The summed E-state index contributed by atoms with van der Waals surface area (Å²) in [5.74, 6) is 1.10. The van der Waals surface area contributed by atoms with Crippen molar-refractivity contribution in [1.82, 2.24) is 0 Å². The third kappa shape index (κ3) is 6.66. The smallest absolute Gasteiger partial charge is 0.0207 e. The van der Waals surface area contributed by atoms with Crippen LogP contribution >= 0.6 is 24.1 Å². The lowest BCUT2D eigenvalue weighted by atomic mass is 10.6. The summed E-state index contributed by atoms with van der Waals surface area (Å²) in [5.41, 5.74) is 0. The van der Waals surface area contributed by atoms with Crippen LogP contribution in [0, 0.1) is 0 Å². The van der Waals surface area contributed by atoms with Crippen molar-refractivity contribution in [3.8, 4) is 0 Å². The second-order valence-corrected chi connectivity index (χ2v) is 2.58. The molecule has 44 valence electrons. The Morgan fingerprint density at radius 1 is 1.57 bits per heavy atom. The van der Waals surface area contributed by atoms with Crippen molar-refractivity contribution in [3.05, 3.63) is 0 Å². The van der Waals surface area contributed by atoms with E-state index in [1.807, 2.05) is 6.26 Å². The largest absolute Gasteiger partial charge is 0.248 e. The van der Waals surface area contributed by atoms with Gasteiger partial charge in [0.1, 0.15) is 0 Å². The van der Waals surface area contributed by atoms with Crippen LogP contribution in [0.5, 0.6) is 0 Å². The van der Waals surface area contributed by atoms with Crippen molar-refractivity contribution in [2.75, 3.05) is 12.0 Å². The summed E-state index contributed by atoms with van der Waals surface area (Å²) in [7, 11) is 0. The van der Waals surface area contributed by atoms with Gasteiger partial charge in [0.25, 0.3) is 0 Å². The van der Waals surface area contributed by atoms with Crippen molar-refractivity contribution < 1.29 is 3.63 Å². The molecule has 0 atom stereocenters. The highest BCUT2D eigenvalue weighted by Crippen LogP contribution is 2.11. The molecule has 0 N–H and O–H groups in total. The number of hydrogen-bond acceptors (Lipinski definition) is 3. The minimum atomic E-state index is 1.10. The summed E-state index contributed by atoms with van der Waals surface area (Å²) in [6.45, 7) is 2.14. The molecule has 0 saturated carbocycles. The van der Waals surface area contributed by atoms with Gasteiger partial charge >= 0.3 is 0 Å². The molecule has 0 aliphatic heterocycles. The van der Waals surface area contributed by atoms with Crippen LogP contribution in [0.4, 0.5) is 0 Å². The standard InChI is InChI=1S/C4H10OS2/c1-3-4-7-5-6-2/h3-4H2,1-2H3. The van der Waals surface area contributed by atoms with Gasteiger partial charge in [0, 0.05) is 36.1 Å². The Morgan fingerprint density at radius 2 is 2.29 bits per heavy atom. The van der Waals surface area contributed by atoms with E-state index < -0.39 is 0 Å². The molecule has 0 saturated heterocycles. The van der Waals surface area contributed by atoms with Gasteiger partial charge in [-0.25, -0.2) is 3.63 Å². The van der Waals surface area contributed by atoms with E-state index in [2.05, 4.69) is 6.92 Å². The van der Waals surface area contributed by atoms with E-state index in [0.29, 0.717) is 0 Å². The SMILES string of the molecule is CCCSOSC. The van der Waals surface area contributed by atoms with Crippen molar-refractivity contribution in [2.45, 2.75) is 13.3 Å². The first-order chi connectivity index (χ1) is 3.41. The fraction of sp³-hybridized carbons (Fsp3) is 1.00. The average Bonchev–Trinajstić information content (AvgIpc) is 1.69. The van der Waals surface area contributed by atoms with Crippen LogP contribution in [0.15, 0.2) is 0 Å². The monoisotopic (exact) mass is 138 g/mol. The fourth-order valence-corrected chi connectivity index (χ4v) is 0.989. The van der Waals surface area contributed by atoms with Gasteiger partial charge in [0.2, 0.25) is 0 Å². The molecule has 0 fully saturated rings. The maximum atomic E-state index is 4.91. The molecule has 0 spiro atoms. The quantitative estimate of drug-likeness (QED) is 0.436. The summed E-state index contributed by atoms with van der Waals surface area (Å²) in [6, 6.07) is 0. The molecular weight excluding hydrogens is 128 g/mol. The van der Waals surface area contributed by atoms with Gasteiger partial charge in [-0.05, 0) is 6.42 Å². The van der Waals surface area contributed by atoms with Crippen LogP contribution in [0.2, 0.25) is 0 Å². The van der Waals surface area contributed by atoms with Crippen LogP contribution < -0.4 is 0 Å². The van der Waals surface area contributed by atoms with E-state index >= 15 is 0 Å². The molecule has 0 aliphatic rings. The molecule has 0 heterocycles. The van der Waals surface area contributed by atoms with E-state index in [-0.39, 0.29) is 0 Å². The molecule has 1 nitrogen and oxygen atoms in total. The summed E-state index contributed by atoms with van der Waals surface area (Å²) in [5, 5.41) is 0. The van der Waals surface area contributed by atoms with Gasteiger partial charge in [0.05, 0.1) is 0 Å². The zero-order valence-electron chi connectivity index (χ0n) is 4.64. The average molecular weight is 138 g/mol. The van der Waals surface area contributed by atoms with Crippen molar-refractivity contribution in [1.29, 1.82) is 0 Å². The second kappa shape index (κ2) is 6.66. The van der Waals surface area contributed by atoms with Crippen LogP contribution in [-0.4, -0.2) is 12.0 Å². The molecule has 3 heteroatoms. The summed E-state index contributed by atoms with van der Waals surface area (Å²) in [4.78, 5) is 0. The highest BCUT2D eigenvalue weighted by molar-refractivity contribution is 8.07. The van der Waals surface area contributed by atoms with Gasteiger partial charge in [-0.3, -0.25) is 0 Å². The Labute approximate surface area is 53.6 Å². The van der Waals surface area contributed by atoms with Crippen LogP contribution in [0.25, 0.3) is 0 Å². The molecular formula is C4H10OS2. The first-order valence-corrected chi connectivity index (χ1v) is 4.30. The molecule has 0 aliphatic carbocycles. The van der Waals surface area contributed by atoms with E-state index in [9.17, 15) is 0 Å². The lowest BCUT2D eigenvalue weighted by Crippen LogP contribution is -1.70. The van der Waals surface area contributed by atoms with Crippen LogP contribution in [-0.2, 0) is 3.63 Å². The molecule has 0 unspecified atom stereocenters. The minimum absolute atomic E-state index is 1.10. The first-order valence-electron chi connectivity index (χ1n) is 2.24. The topological polar surface area (TPSA) is 9.23 Å². The van der Waals surface area contributed by atoms with Gasteiger partial charge in [-0.1, -0.05) is 6.92 Å². The third-order valence-electron chi connectivity index (χ3n) is 0.404. The lowest BCUT2D eigenvalue weighted by molar-refractivity contribution is 0.759. The Balaban J connectivity index is 2.45. The third-order valence-corrected chi connectivity index (χ3v) is 1.91. The Kier molecular flexibility index (Phi) is 7.29. The van der Waals surface area contributed by atoms with E-state index in [1.165, 1.54) is 30.5 Å². The molecule has 7 heavy (non-hydrogen) atoms. The molecule has 0 aromatic carbocycles. The summed E-state index contributed by atoms with van der Waals surface area (Å²) in [6.07, 6.45) is 3.11. The maximum absolute atomic E-state index is 4.91. The molecule has 0 aromatic heterocycles. The number of rotatable bonds is 4. The zero-order chi connectivity index (χ0) is 5.54. The van der Waals surface area contributed by atoms with E-state index in [1.54, 1.807) is 0 Å². The van der Waals surface area contributed by atoms with E-state index in [4.69, 9.17) is 3.63 Å². The van der Waals surface area contributed by atoms with Gasteiger partial charge < -0.3 is 0 Å². The molecule has 0 bridgehead atoms. The van der Waals surface area contributed by atoms with Crippen molar-refractivity contribution >= 4 is 24.1 Å². The fourth-order valence-electron chi connectivity index (χ4n) is 0.165. The Morgan fingerprint density at radius 3 is 2.71 bits per heavy atom. The van der Waals surface area contributed by atoms with E-state index in [0.717, 1.165) is 5.75 Å². The lowest BCUT2D eigenvalue weighted by Gasteiger charge is -1.91. The van der Waals surface area contributed by atoms with Gasteiger partial charge in [-0.2, -0.15) is 0 Å². The highest BCUT2D eigenvalue weighted by atomic mass is 32.2. The Hall–Kier alpha value is 0.660. The molecule has 0 amide bonds. The summed E-state index contributed by atoms with van der Waals surface area (Å²) >= 11 is 2.92. The number of hydrogen-bond donors (Lipinski definition) is 0.